The molecule has 1 fully saturated rings. The number of hydrogen-bond acceptors (Lipinski definition) is 3. The average Bonchev–Trinajstić information content (AvgIpc) is 2.81. The molecule has 1 aliphatic heterocycles. The van der Waals surface area contributed by atoms with Crippen LogP contribution in [0.4, 0.5) is 0 Å². The summed E-state index contributed by atoms with van der Waals surface area (Å²) < 4.78 is 5.77. The van der Waals surface area contributed by atoms with Crippen LogP contribution in [0.15, 0.2) is 30.6 Å². The van der Waals surface area contributed by atoms with Gasteiger partial charge in [0.25, 0.3) is 0 Å². The molecule has 96 valence electrons. The number of pyridine rings is 1. The minimum Gasteiger partial charge on any atom is -0.487 e. The molecule has 1 aromatic rings. The predicted octanol–water partition coefficient (Wildman–Crippen LogP) is 2.29. The number of carbonyl (C=O) groups is 1. The van der Waals surface area contributed by atoms with E-state index in [1.165, 1.54) is 0 Å². The van der Waals surface area contributed by atoms with Gasteiger partial charge in [-0.2, -0.15) is 0 Å². The van der Waals surface area contributed by atoms with Crippen molar-refractivity contribution in [2.75, 3.05) is 13.1 Å². The minimum atomic E-state index is -0.000828. The number of carbonyl (C=O) groups excluding carboxylic acids is 1. The fourth-order valence-corrected chi connectivity index (χ4v) is 2.07. The fourth-order valence-electron chi connectivity index (χ4n) is 1.91. The zero-order valence-electron chi connectivity index (χ0n) is 10.2. The van der Waals surface area contributed by atoms with Gasteiger partial charge < -0.3 is 9.64 Å². The van der Waals surface area contributed by atoms with E-state index in [1.807, 2.05) is 6.92 Å². The normalized spacial score (nSPS) is 19.4. The van der Waals surface area contributed by atoms with Gasteiger partial charge in [0.1, 0.15) is 16.9 Å². The highest BCUT2D eigenvalue weighted by atomic mass is 35.5. The summed E-state index contributed by atoms with van der Waals surface area (Å²) >= 11 is 5.97. The summed E-state index contributed by atoms with van der Waals surface area (Å²) in [6, 6.07) is 1.73. The molecule has 0 spiro atoms. The maximum absolute atomic E-state index is 11.7. The maximum Gasteiger partial charge on any atom is 0.246 e. The predicted molar refractivity (Wildman–Crippen MR) is 69.7 cm³/mol. The van der Waals surface area contributed by atoms with Crippen LogP contribution in [0.5, 0.6) is 5.75 Å². The lowest BCUT2D eigenvalue weighted by Crippen LogP contribution is -2.29. The van der Waals surface area contributed by atoms with E-state index in [4.69, 9.17) is 16.3 Å². The molecule has 1 saturated heterocycles. The number of aromatic nitrogens is 1. The Hall–Kier alpha value is -1.55. The van der Waals surface area contributed by atoms with E-state index in [0.717, 1.165) is 13.0 Å². The van der Waals surface area contributed by atoms with Crippen molar-refractivity contribution in [3.05, 3.63) is 35.6 Å². The van der Waals surface area contributed by atoms with E-state index in [0.29, 0.717) is 17.3 Å². The third-order valence-corrected chi connectivity index (χ3v) is 3.08. The number of ether oxygens (including phenoxy) is 1. The number of allylic oxidation sites excluding steroid dienone is 1. The molecular formula is C13H15ClN2O2. The van der Waals surface area contributed by atoms with Gasteiger partial charge >= 0.3 is 0 Å². The third kappa shape index (κ3) is 3.01. The molecule has 2 heterocycles. The van der Waals surface area contributed by atoms with E-state index in [9.17, 15) is 4.79 Å². The Balaban J connectivity index is 1.94. The van der Waals surface area contributed by atoms with E-state index < -0.39 is 0 Å². The van der Waals surface area contributed by atoms with Crippen LogP contribution in [-0.4, -0.2) is 35.0 Å². The third-order valence-electron chi connectivity index (χ3n) is 2.79. The Kier molecular flexibility index (Phi) is 4.20. The second-order valence-corrected chi connectivity index (χ2v) is 4.53. The second-order valence-electron chi connectivity index (χ2n) is 4.12. The molecule has 1 amide bonds. The zero-order chi connectivity index (χ0) is 13.0. The summed E-state index contributed by atoms with van der Waals surface area (Å²) in [6.07, 6.45) is 7.33. The van der Waals surface area contributed by atoms with Crippen LogP contribution in [0.2, 0.25) is 5.02 Å². The first kappa shape index (κ1) is 12.9. The second kappa shape index (κ2) is 5.87. The van der Waals surface area contributed by atoms with Crippen LogP contribution in [-0.2, 0) is 4.79 Å². The van der Waals surface area contributed by atoms with Crippen molar-refractivity contribution in [3.63, 3.8) is 0 Å². The van der Waals surface area contributed by atoms with Crippen molar-refractivity contribution in [2.24, 2.45) is 0 Å². The molecule has 0 aromatic carbocycles. The van der Waals surface area contributed by atoms with E-state index >= 15 is 0 Å². The van der Waals surface area contributed by atoms with Gasteiger partial charge in [0, 0.05) is 31.4 Å². The van der Waals surface area contributed by atoms with E-state index in [2.05, 4.69) is 4.98 Å². The maximum atomic E-state index is 11.7. The van der Waals surface area contributed by atoms with Crippen molar-refractivity contribution < 1.29 is 9.53 Å². The standard InChI is InChI=1S/C13H15ClN2O2/c1-2-3-13(17)16-7-5-10(9-16)18-12-4-6-15-8-11(12)14/h2-4,6,8,10H,5,7,9H2,1H3/b3-2+. The van der Waals surface area contributed by atoms with Crippen molar-refractivity contribution in [1.82, 2.24) is 9.88 Å². The number of rotatable bonds is 3. The SMILES string of the molecule is C/C=C/C(=O)N1CCC(Oc2ccncc2Cl)C1. The van der Waals surface area contributed by atoms with Crippen LogP contribution in [0.3, 0.4) is 0 Å². The quantitative estimate of drug-likeness (QED) is 0.789. The number of amides is 1. The molecule has 0 aliphatic carbocycles. The van der Waals surface area contributed by atoms with Gasteiger partial charge in [0.2, 0.25) is 5.91 Å². The minimum absolute atomic E-state index is 0.000828. The first-order chi connectivity index (χ1) is 8.70. The molecule has 1 aromatic heterocycles. The van der Waals surface area contributed by atoms with Crippen LogP contribution in [0.1, 0.15) is 13.3 Å². The average molecular weight is 267 g/mol. The summed E-state index contributed by atoms with van der Waals surface area (Å²) in [5.74, 6) is 0.654. The van der Waals surface area contributed by atoms with Crippen molar-refractivity contribution in [3.8, 4) is 5.75 Å². The lowest BCUT2D eigenvalue weighted by molar-refractivity contribution is -0.125. The first-order valence-electron chi connectivity index (χ1n) is 5.88. The molecule has 2 rings (SSSR count). The van der Waals surface area contributed by atoms with Crippen molar-refractivity contribution in [2.45, 2.75) is 19.4 Å². The molecule has 0 N–H and O–H groups in total. The molecule has 4 nitrogen and oxygen atoms in total. The van der Waals surface area contributed by atoms with Gasteiger partial charge in [-0.25, -0.2) is 0 Å². The summed E-state index contributed by atoms with van der Waals surface area (Å²) in [6.45, 7) is 3.15. The largest absolute Gasteiger partial charge is 0.487 e. The number of likely N-dealkylation sites (tertiary alicyclic amines) is 1. The summed E-state index contributed by atoms with van der Waals surface area (Å²) in [5, 5.41) is 0.496. The van der Waals surface area contributed by atoms with Gasteiger partial charge in [-0.05, 0) is 13.0 Å². The smallest absolute Gasteiger partial charge is 0.246 e. The van der Waals surface area contributed by atoms with Gasteiger partial charge in [-0.1, -0.05) is 17.7 Å². The molecule has 1 atom stereocenters. The summed E-state index contributed by atoms with van der Waals surface area (Å²) in [5.41, 5.74) is 0. The van der Waals surface area contributed by atoms with Gasteiger partial charge in [-0.3, -0.25) is 9.78 Å². The van der Waals surface area contributed by atoms with Crippen LogP contribution >= 0.6 is 11.6 Å². The lowest BCUT2D eigenvalue weighted by atomic mass is 10.3. The lowest BCUT2D eigenvalue weighted by Gasteiger charge is -2.16. The Bertz CT molecular complexity index is 462. The molecule has 1 aliphatic rings. The molecule has 5 heteroatoms. The van der Waals surface area contributed by atoms with E-state index in [1.54, 1.807) is 35.5 Å². The van der Waals surface area contributed by atoms with Gasteiger partial charge in [0.15, 0.2) is 0 Å². The summed E-state index contributed by atoms with van der Waals surface area (Å²) in [4.78, 5) is 17.3. The Labute approximate surface area is 111 Å². The van der Waals surface area contributed by atoms with Crippen molar-refractivity contribution >= 4 is 17.5 Å². The zero-order valence-corrected chi connectivity index (χ0v) is 10.9. The van der Waals surface area contributed by atoms with Crippen LogP contribution < -0.4 is 4.74 Å². The molecule has 18 heavy (non-hydrogen) atoms. The van der Waals surface area contributed by atoms with E-state index in [-0.39, 0.29) is 12.0 Å². The molecule has 0 radical (unpaired) electrons. The van der Waals surface area contributed by atoms with Crippen LogP contribution in [0.25, 0.3) is 0 Å². The molecule has 1 unspecified atom stereocenters. The van der Waals surface area contributed by atoms with Crippen molar-refractivity contribution in [1.29, 1.82) is 0 Å². The highest BCUT2D eigenvalue weighted by Crippen LogP contribution is 2.25. The number of nitrogens with zero attached hydrogens (tertiary/aromatic N) is 2. The number of halogens is 1. The van der Waals surface area contributed by atoms with Crippen LogP contribution in [0, 0.1) is 0 Å². The topological polar surface area (TPSA) is 42.4 Å². The Morgan fingerprint density at radius 1 is 1.67 bits per heavy atom. The highest BCUT2D eigenvalue weighted by Gasteiger charge is 2.26. The van der Waals surface area contributed by atoms with Gasteiger partial charge in [-0.15, -0.1) is 0 Å². The monoisotopic (exact) mass is 266 g/mol. The molecular weight excluding hydrogens is 252 g/mol. The number of hydrogen-bond donors (Lipinski definition) is 0. The van der Waals surface area contributed by atoms with Gasteiger partial charge in [0.05, 0.1) is 6.54 Å². The Morgan fingerprint density at radius 2 is 2.50 bits per heavy atom. The fraction of sp³-hybridized carbons (Fsp3) is 0.385. The molecule has 0 saturated carbocycles. The Morgan fingerprint density at radius 3 is 3.22 bits per heavy atom. The summed E-state index contributed by atoms with van der Waals surface area (Å²) in [7, 11) is 0. The highest BCUT2D eigenvalue weighted by molar-refractivity contribution is 6.31. The first-order valence-corrected chi connectivity index (χ1v) is 6.26. The molecule has 0 bridgehead atoms.